The Hall–Kier alpha value is -1.29. The van der Waals surface area contributed by atoms with Gasteiger partial charge in [-0.25, -0.2) is 4.98 Å². The maximum atomic E-state index is 8.69. The Balaban J connectivity index is 1.98. The van der Waals surface area contributed by atoms with Crippen molar-refractivity contribution < 1.29 is 5.11 Å². The van der Waals surface area contributed by atoms with Gasteiger partial charge in [-0.1, -0.05) is 23.6 Å². The Bertz CT molecular complexity index is 565. The number of hydrogen-bond acceptors (Lipinski definition) is 5. The highest BCUT2D eigenvalue weighted by Crippen LogP contribution is 2.25. The molecule has 2 aromatic rings. The van der Waals surface area contributed by atoms with Gasteiger partial charge in [0.1, 0.15) is 5.82 Å². The lowest BCUT2D eigenvalue weighted by Crippen LogP contribution is -1.82. The summed E-state index contributed by atoms with van der Waals surface area (Å²) in [6, 6.07) is 2.01. The summed E-state index contributed by atoms with van der Waals surface area (Å²) >= 11 is 3.27. The number of aryl methyl sites for hydroxylation is 1. The Morgan fingerprint density at radius 1 is 1.56 bits per heavy atom. The van der Waals surface area contributed by atoms with Crippen LogP contribution in [0.25, 0.3) is 0 Å². The van der Waals surface area contributed by atoms with Gasteiger partial charge in [-0.15, -0.1) is 16.4 Å². The minimum Gasteiger partial charge on any atom is -0.395 e. The predicted octanol–water partition coefficient (Wildman–Crippen LogP) is 2.20. The monoisotopic (exact) mass is 279 g/mol. The zero-order valence-electron chi connectivity index (χ0n) is 9.93. The number of hydrogen-bond donors (Lipinski definition) is 2. The minimum atomic E-state index is 0.109. The number of H-pyrrole nitrogens is 1. The molecule has 2 N–H and O–H groups in total. The zero-order valence-corrected chi connectivity index (χ0v) is 11.6. The quantitative estimate of drug-likeness (QED) is 0.665. The number of aromatic amines is 1. The van der Waals surface area contributed by atoms with Gasteiger partial charge in [0.05, 0.1) is 6.61 Å². The fourth-order valence-electron chi connectivity index (χ4n) is 1.29. The van der Waals surface area contributed by atoms with Gasteiger partial charge in [-0.3, -0.25) is 5.10 Å². The van der Waals surface area contributed by atoms with E-state index in [2.05, 4.69) is 27.0 Å². The van der Waals surface area contributed by atoms with Gasteiger partial charge in [0, 0.05) is 22.6 Å². The van der Waals surface area contributed by atoms with Crippen LogP contribution >= 0.6 is 23.1 Å². The summed E-state index contributed by atoms with van der Waals surface area (Å²) in [7, 11) is 0. The molecule has 94 valence electrons. The fourth-order valence-corrected chi connectivity index (χ4v) is 3.08. The van der Waals surface area contributed by atoms with Crippen molar-refractivity contribution in [3.63, 3.8) is 0 Å². The lowest BCUT2D eigenvalue weighted by atomic mass is 10.2. The average Bonchev–Trinajstić information content (AvgIpc) is 2.96. The van der Waals surface area contributed by atoms with Gasteiger partial charge in [-0.2, -0.15) is 0 Å². The lowest BCUT2D eigenvalue weighted by molar-refractivity contribution is 0.305. The van der Waals surface area contributed by atoms with Crippen LogP contribution in [-0.4, -0.2) is 26.9 Å². The second-order valence-corrected chi connectivity index (χ2v) is 5.47. The number of rotatable bonds is 4. The largest absolute Gasteiger partial charge is 0.395 e. The van der Waals surface area contributed by atoms with E-state index in [1.54, 1.807) is 23.1 Å². The van der Waals surface area contributed by atoms with Gasteiger partial charge < -0.3 is 5.11 Å². The van der Waals surface area contributed by atoms with Crippen molar-refractivity contribution in [1.29, 1.82) is 0 Å². The number of aliphatic hydroxyl groups excluding tert-OH is 1. The summed E-state index contributed by atoms with van der Waals surface area (Å²) in [5, 5.41) is 18.4. The molecule has 0 saturated heterocycles. The molecule has 0 bridgehead atoms. The van der Waals surface area contributed by atoms with Crippen molar-refractivity contribution >= 4 is 23.1 Å². The molecule has 0 atom stereocenters. The molecule has 0 aliphatic carbocycles. The third-order valence-corrected chi connectivity index (χ3v) is 4.09. The second-order valence-electron chi connectivity index (χ2n) is 3.52. The third-order valence-electron chi connectivity index (χ3n) is 2.11. The first-order valence-electron chi connectivity index (χ1n) is 5.47. The van der Waals surface area contributed by atoms with Crippen molar-refractivity contribution in [2.75, 3.05) is 6.61 Å². The van der Waals surface area contributed by atoms with Crippen LogP contribution in [0.4, 0.5) is 0 Å². The first kappa shape index (κ1) is 13.1. The number of nitrogens with one attached hydrogen (secondary N) is 1. The maximum Gasteiger partial charge on any atom is 0.208 e. The zero-order chi connectivity index (χ0) is 12.8. The van der Waals surface area contributed by atoms with Gasteiger partial charge >= 0.3 is 0 Å². The summed E-state index contributed by atoms with van der Waals surface area (Å²) in [4.78, 5) is 5.46. The number of nitrogens with zero attached hydrogens (tertiary/aromatic N) is 2. The van der Waals surface area contributed by atoms with Crippen molar-refractivity contribution in [1.82, 2.24) is 15.2 Å². The average molecular weight is 279 g/mol. The van der Waals surface area contributed by atoms with E-state index in [0.29, 0.717) is 6.42 Å². The number of thioether (sulfide) groups is 1. The number of aliphatic hydroxyl groups is 1. The SMILES string of the molecule is Cc1nc(SCc2sccc2C#CCCO)n[nH]1. The highest BCUT2D eigenvalue weighted by Gasteiger charge is 2.05. The maximum absolute atomic E-state index is 8.69. The Morgan fingerprint density at radius 3 is 3.17 bits per heavy atom. The molecule has 2 rings (SSSR count). The lowest BCUT2D eigenvalue weighted by Gasteiger charge is -1.95. The third kappa shape index (κ3) is 3.60. The smallest absolute Gasteiger partial charge is 0.208 e. The van der Waals surface area contributed by atoms with E-state index in [-0.39, 0.29) is 6.61 Å². The Labute approximate surface area is 114 Å². The molecule has 0 amide bonds. The van der Waals surface area contributed by atoms with Crippen molar-refractivity contribution in [2.24, 2.45) is 0 Å². The molecule has 0 aliphatic rings. The van der Waals surface area contributed by atoms with E-state index in [0.717, 1.165) is 22.3 Å². The molecule has 0 spiro atoms. The van der Waals surface area contributed by atoms with E-state index in [4.69, 9.17) is 5.11 Å². The number of thiophene rings is 1. The van der Waals surface area contributed by atoms with Gasteiger partial charge in [0.2, 0.25) is 5.16 Å². The van der Waals surface area contributed by atoms with E-state index in [9.17, 15) is 0 Å². The molecule has 0 saturated carbocycles. The molecule has 2 heterocycles. The van der Waals surface area contributed by atoms with Crippen molar-refractivity contribution in [2.45, 2.75) is 24.3 Å². The first-order chi connectivity index (χ1) is 8.79. The normalized spacial score (nSPS) is 10.1. The molecule has 0 aliphatic heterocycles. The van der Waals surface area contributed by atoms with Crippen LogP contribution in [0.1, 0.15) is 22.7 Å². The van der Waals surface area contributed by atoms with Gasteiger partial charge in [-0.05, 0) is 18.4 Å². The molecule has 0 unspecified atom stereocenters. The topological polar surface area (TPSA) is 61.8 Å². The molecule has 18 heavy (non-hydrogen) atoms. The molecule has 0 aromatic carbocycles. The van der Waals surface area contributed by atoms with Gasteiger partial charge in [0.25, 0.3) is 0 Å². The van der Waals surface area contributed by atoms with Crippen LogP contribution in [0.15, 0.2) is 16.6 Å². The van der Waals surface area contributed by atoms with E-state index >= 15 is 0 Å². The van der Waals surface area contributed by atoms with E-state index < -0.39 is 0 Å². The predicted molar refractivity (Wildman–Crippen MR) is 73.6 cm³/mol. The highest BCUT2D eigenvalue weighted by atomic mass is 32.2. The Morgan fingerprint density at radius 2 is 2.44 bits per heavy atom. The minimum absolute atomic E-state index is 0.109. The van der Waals surface area contributed by atoms with Crippen LogP contribution < -0.4 is 0 Å². The van der Waals surface area contributed by atoms with Crippen LogP contribution in [0, 0.1) is 18.8 Å². The van der Waals surface area contributed by atoms with Crippen LogP contribution in [-0.2, 0) is 5.75 Å². The highest BCUT2D eigenvalue weighted by molar-refractivity contribution is 7.98. The Kier molecular flexibility index (Phi) is 4.81. The van der Waals surface area contributed by atoms with Crippen LogP contribution in [0.5, 0.6) is 0 Å². The second kappa shape index (κ2) is 6.59. The van der Waals surface area contributed by atoms with Crippen LogP contribution in [0.2, 0.25) is 0 Å². The molecule has 6 heteroatoms. The molecular formula is C12H13N3OS2. The summed E-state index contributed by atoms with van der Waals surface area (Å²) < 4.78 is 0. The van der Waals surface area contributed by atoms with E-state index in [1.807, 2.05) is 18.4 Å². The van der Waals surface area contributed by atoms with Gasteiger partial charge in [0.15, 0.2) is 0 Å². The first-order valence-corrected chi connectivity index (χ1v) is 7.34. The van der Waals surface area contributed by atoms with Crippen LogP contribution in [0.3, 0.4) is 0 Å². The molecule has 0 fully saturated rings. The fraction of sp³-hybridized carbons (Fsp3) is 0.333. The molecule has 0 radical (unpaired) electrons. The molecule has 4 nitrogen and oxygen atoms in total. The van der Waals surface area contributed by atoms with Crippen molar-refractivity contribution in [3.05, 3.63) is 27.7 Å². The molecular weight excluding hydrogens is 266 g/mol. The summed E-state index contributed by atoms with van der Waals surface area (Å²) in [6.07, 6.45) is 0.516. The summed E-state index contributed by atoms with van der Waals surface area (Å²) in [5.74, 6) is 7.66. The van der Waals surface area contributed by atoms with Crippen molar-refractivity contribution in [3.8, 4) is 11.8 Å². The molecule has 2 aromatic heterocycles. The summed E-state index contributed by atoms with van der Waals surface area (Å²) in [6.45, 7) is 1.99. The summed E-state index contributed by atoms with van der Waals surface area (Å²) in [5.41, 5.74) is 1.04. The van der Waals surface area contributed by atoms with E-state index in [1.165, 1.54) is 4.88 Å². The standard InChI is InChI=1S/C12H13N3OS2/c1-9-13-12(15-14-9)18-8-11-10(5-7-17-11)4-2-3-6-16/h5,7,16H,3,6,8H2,1H3,(H,13,14,15). The number of aromatic nitrogens is 3.